The summed E-state index contributed by atoms with van der Waals surface area (Å²) in [6.07, 6.45) is 2.84. The third kappa shape index (κ3) is 3.93. The summed E-state index contributed by atoms with van der Waals surface area (Å²) in [6, 6.07) is 13.0. The largest absolute Gasteiger partial charge is 0.335 e. The van der Waals surface area contributed by atoms with Gasteiger partial charge in [0.2, 0.25) is 10.0 Å². The third-order valence-electron chi connectivity index (χ3n) is 4.75. The Morgan fingerprint density at radius 2 is 1.76 bits per heavy atom. The summed E-state index contributed by atoms with van der Waals surface area (Å²) in [6.45, 7) is 1.03. The lowest BCUT2D eigenvalue weighted by Gasteiger charge is -2.33. The Labute approximate surface area is 172 Å². The zero-order valence-corrected chi connectivity index (χ0v) is 17.0. The van der Waals surface area contributed by atoms with Gasteiger partial charge in [-0.25, -0.2) is 12.8 Å². The Morgan fingerprint density at radius 1 is 1.00 bits per heavy atom. The van der Waals surface area contributed by atoms with Gasteiger partial charge < -0.3 is 4.90 Å². The first-order chi connectivity index (χ1) is 14.0. The van der Waals surface area contributed by atoms with Crippen molar-refractivity contribution in [3.8, 4) is 10.4 Å². The molecule has 1 amide bonds. The number of sulfonamides is 1. The fraction of sp³-hybridized carbons (Fsp3) is 0.200. The van der Waals surface area contributed by atoms with E-state index in [0.717, 1.165) is 0 Å². The van der Waals surface area contributed by atoms with Crippen LogP contribution in [0.25, 0.3) is 10.4 Å². The lowest BCUT2D eigenvalue weighted by molar-refractivity contribution is 0.0703. The molecule has 1 fully saturated rings. The van der Waals surface area contributed by atoms with Gasteiger partial charge >= 0.3 is 0 Å². The molecule has 1 aliphatic heterocycles. The van der Waals surface area contributed by atoms with Crippen LogP contribution < -0.4 is 0 Å². The fourth-order valence-electron chi connectivity index (χ4n) is 3.19. The van der Waals surface area contributed by atoms with Crippen LogP contribution in [0.1, 0.15) is 9.67 Å². The Hall–Kier alpha value is -2.62. The van der Waals surface area contributed by atoms with Gasteiger partial charge in [0.05, 0.1) is 4.88 Å². The molecule has 1 saturated heterocycles. The molecule has 0 unspecified atom stereocenters. The Balaban J connectivity index is 1.44. The van der Waals surface area contributed by atoms with Gasteiger partial charge in [0.15, 0.2) is 0 Å². The van der Waals surface area contributed by atoms with Crippen LogP contribution in [-0.2, 0) is 10.0 Å². The van der Waals surface area contributed by atoms with E-state index < -0.39 is 10.0 Å². The second-order valence-corrected chi connectivity index (χ2v) is 9.55. The topological polar surface area (TPSA) is 70.6 Å². The fourth-order valence-corrected chi connectivity index (χ4v) is 5.58. The average molecular weight is 432 g/mol. The number of carbonyl (C=O) groups is 1. The molecule has 4 rings (SSSR count). The lowest BCUT2D eigenvalue weighted by atomic mass is 10.2. The molecule has 29 heavy (non-hydrogen) atoms. The van der Waals surface area contributed by atoms with Crippen LogP contribution in [0, 0.1) is 5.82 Å². The number of rotatable bonds is 4. The minimum Gasteiger partial charge on any atom is -0.335 e. The number of nitrogens with zero attached hydrogens (tertiary/aromatic N) is 3. The first-order valence-corrected chi connectivity index (χ1v) is 11.3. The highest BCUT2D eigenvalue weighted by atomic mass is 32.2. The van der Waals surface area contributed by atoms with Crippen molar-refractivity contribution >= 4 is 27.3 Å². The highest BCUT2D eigenvalue weighted by Gasteiger charge is 2.31. The van der Waals surface area contributed by atoms with E-state index in [0.29, 0.717) is 28.4 Å². The van der Waals surface area contributed by atoms with E-state index in [-0.39, 0.29) is 29.7 Å². The van der Waals surface area contributed by atoms with Crippen LogP contribution in [0.3, 0.4) is 0 Å². The summed E-state index contributed by atoms with van der Waals surface area (Å²) in [7, 11) is -3.62. The number of hydrogen-bond acceptors (Lipinski definition) is 5. The summed E-state index contributed by atoms with van der Waals surface area (Å²) < 4.78 is 40.7. The molecule has 150 valence electrons. The molecule has 2 aromatic heterocycles. The standard InChI is InChI=1S/C20H18FN3O3S2/c21-17-6-2-1-5-16(17)18-7-8-19(28-18)20(25)23-10-12-24(13-11-23)29(26,27)15-4-3-9-22-14-15/h1-9,14H,10-13H2. The van der Waals surface area contributed by atoms with Crippen LogP contribution in [0.2, 0.25) is 0 Å². The molecule has 6 nitrogen and oxygen atoms in total. The summed E-state index contributed by atoms with van der Waals surface area (Å²) in [4.78, 5) is 19.7. The van der Waals surface area contributed by atoms with Crippen LogP contribution in [0.5, 0.6) is 0 Å². The molecule has 1 aliphatic rings. The molecule has 9 heteroatoms. The van der Waals surface area contributed by atoms with Gasteiger partial charge in [0.25, 0.3) is 5.91 Å². The molecule has 0 bridgehead atoms. The van der Waals surface area contributed by atoms with Crippen molar-refractivity contribution in [2.24, 2.45) is 0 Å². The number of amides is 1. The predicted octanol–water partition coefficient (Wildman–Crippen LogP) is 3.10. The monoisotopic (exact) mass is 431 g/mol. The molecular formula is C20H18FN3O3S2. The number of thiophene rings is 1. The van der Waals surface area contributed by atoms with Gasteiger partial charge in [-0.3, -0.25) is 9.78 Å². The Kier molecular flexibility index (Phi) is 5.44. The average Bonchev–Trinajstić information content (AvgIpc) is 3.24. The van der Waals surface area contributed by atoms with E-state index in [4.69, 9.17) is 0 Å². The number of carbonyl (C=O) groups excluding carboxylic acids is 1. The summed E-state index contributed by atoms with van der Waals surface area (Å²) in [5.41, 5.74) is 0.462. The molecule has 0 saturated carbocycles. The van der Waals surface area contributed by atoms with Gasteiger partial charge in [0, 0.05) is 49.0 Å². The normalized spacial score (nSPS) is 15.4. The van der Waals surface area contributed by atoms with Gasteiger partial charge in [-0.05, 0) is 30.3 Å². The van der Waals surface area contributed by atoms with Crippen molar-refractivity contribution < 1.29 is 17.6 Å². The maximum atomic E-state index is 14.0. The summed E-state index contributed by atoms with van der Waals surface area (Å²) in [5.74, 6) is -0.501. The Morgan fingerprint density at radius 3 is 2.45 bits per heavy atom. The molecule has 3 aromatic rings. The first-order valence-electron chi connectivity index (χ1n) is 9.01. The van der Waals surface area contributed by atoms with Gasteiger partial charge in [0.1, 0.15) is 10.7 Å². The zero-order valence-electron chi connectivity index (χ0n) is 15.4. The zero-order chi connectivity index (χ0) is 20.4. The maximum Gasteiger partial charge on any atom is 0.264 e. The Bertz CT molecular complexity index is 1120. The van der Waals surface area contributed by atoms with Gasteiger partial charge in [-0.15, -0.1) is 11.3 Å². The van der Waals surface area contributed by atoms with Crippen LogP contribution in [0.4, 0.5) is 4.39 Å². The van der Waals surface area contributed by atoms with E-state index in [1.165, 1.54) is 40.2 Å². The molecule has 1 aromatic carbocycles. The van der Waals surface area contributed by atoms with E-state index in [1.54, 1.807) is 41.3 Å². The number of pyridine rings is 1. The quantitative estimate of drug-likeness (QED) is 0.637. The van der Waals surface area contributed by atoms with Gasteiger partial charge in [-0.2, -0.15) is 4.31 Å². The number of benzene rings is 1. The maximum absolute atomic E-state index is 14.0. The second kappa shape index (κ2) is 8.02. The molecule has 3 heterocycles. The van der Waals surface area contributed by atoms with Crippen molar-refractivity contribution in [1.82, 2.24) is 14.2 Å². The van der Waals surface area contributed by atoms with Crippen LogP contribution in [0.15, 0.2) is 65.8 Å². The molecular weight excluding hydrogens is 413 g/mol. The minimum atomic E-state index is -3.62. The molecule has 0 atom stereocenters. The lowest BCUT2D eigenvalue weighted by Crippen LogP contribution is -2.50. The van der Waals surface area contributed by atoms with E-state index in [9.17, 15) is 17.6 Å². The summed E-state index contributed by atoms with van der Waals surface area (Å²) in [5, 5.41) is 0. The summed E-state index contributed by atoms with van der Waals surface area (Å²) >= 11 is 1.23. The number of piperazine rings is 1. The minimum absolute atomic E-state index is 0.146. The van der Waals surface area contributed by atoms with Crippen molar-refractivity contribution in [3.05, 3.63) is 71.6 Å². The highest BCUT2D eigenvalue weighted by Crippen LogP contribution is 2.31. The predicted molar refractivity (Wildman–Crippen MR) is 109 cm³/mol. The van der Waals surface area contributed by atoms with Crippen LogP contribution >= 0.6 is 11.3 Å². The highest BCUT2D eigenvalue weighted by molar-refractivity contribution is 7.89. The van der Waals surface area contributed by atoms with E-state index >= 15 is 0 Å². The molecule has 0 spiro atoms. The first kappa shape index (κ1) is 19.7. The number of hydrogen-bond donors (Lipinski definition) is 0. The molecule has 0 N–H and O–H groups in total. The molecule has 0 aliphatic carbocycles. The SMILES string of the molecule is O=C(c1ccc(-c2ccccc2F)s1)N1CCN(S(=O)(=O)c2cccnc2)CC1. The number of aromatic nitrogens is 1. The van der Waals surface area contributed by atoms with Crippen molar-refractivity contribution in [3.63, 3.8) is 0 Å². The third-order valence-corrected chi connectivity index (χ3v) is 7.74. The van der Waals surface area contributed by atoms with E-state index in [1.807, 2.05) is 0 Å². The van der Waals surface area contributed by atoms with E-state index in [2.05, 4.69) is 4.98 Å². The second-order valence-electron chi connectivity index (χ2n) is 6.53. The number of halogens is 1. The van der Waals surface area contributed by atoms with Gasteiger partial charge in [-0.1, -0.05) is 18.2 Å². The van der Waals surface area contributed by atoms with Crippen molar-refractivity contribution in [2.45, 2.75) is 4.90 Å². The van der Waals surface area contributed by atoms with Crippen molar-refractivity contribution in [2.75, 3.05) is 26.2 Å². The van der Waals surface area contributed by atoms with Crippen LogP contribution in [-0.4, -0.2) is 54.7 Å². The molecule has 0 radical (unpaired) electrons. The van der Waals surface area contributed by atoms with Crippen molar-refractivity contribution in [1.29, 1.82) is 0 Å². The smallest absolute Gasteiger partial charge is 0.264 e.